The molecular formula is C56H74IN7O17. The number of fused-ring (bicyclic) bond motifs is 3. The van der Waals surface area contributed by atoms with Gasteiger partial charge in [-0.25, -0.2) is 0 Å². The highest BCUT2D eigenvalue weighted by molar-refractivity contribution is 14.1. The lowest BCUT2D eigenvalue weighted by atomic mass is 9.74. The molecule has 2 aromatic rings. The summed E-state index contributed by atoms with van der Waals surface area (Å²) >= 11 is 2.32. The molecule has 0 radical (unpaired) electrons. The number of ether oxygens (including phenoxy) is 5. The largest absolute Gasteiger partial charge is 0.507 e. The molecule has 8 rings (SSSR count). The SMILES string of the molecule is CCCCCC(I)(CC)C1CC(=O)N(CCC(=O)NCC(=O)NCC(=O)NC2CCN(CCNC(=O)[C@@H]3Cc4c(O)c5c(c(O)c4[C@@H](OC4C[C@H](N6CCO[C@H](OC)C6)[C@H](O)[C@H](C)O4)C3)C(=O)c3c(OC)cccc3C5=O)C2=O)C1=O. The van der Waals surface area contributed by atoms with Crippen LogP contribution in [0.2, 0.25) is 0 Å². The van der Waals surface area contributed by atoms with Crippen LogP contribution >= 0.6 is 22.6 Å². The van der Waals surface area contributed by atoms with Crippen LogP contribution in [-0.4, -0.2) is 196 Å². The Morgan fingerprint density at radius 1 is 0.852 bits per heavy atom. The summed E-state index contributed by atoms with van der Waals surface area (Å²) in [4.78, 5) is 125. The van der Waals surface area contributed by atoms with Crippen LogP contribution in [0.3, 0.4) is 0 Å². The summed E-state index contributed by atoms with van der Waals surface area (Å²) in [6.45, 7) is 6.18. The second-order valence-electron chi connectivity index (χ2n) is 21.6. The van der Waals surface area contributed by atoms with E-state index in [4.69, 9.17) is 23.7 Å². The number of morpholine rings is 1. The normalized spacial score (nSPS) is 26.4. The Labute approximate surface area is 483 Å². The van der Waals surface area contributed by atoms with Gasteiger partial charge in [-0.2, -0.15) is 0 Å². The minimum atomic E-state index is -1.19. The molecule has 4 saturated heterocycles. The van der Waals surface area contributed by atoms with Gasteiger partial charge in [0.1, 0.15) is 23.3 Å². The number of benzene rings is 2. The number of hydrogen-bond donors (Lipinski definition) is 7. The van der Waals surface area contributed by atoms with Crippen LogP contribution < -0.4 is 26.0 Å². The standard InChI is InChI=1S/C56H74IN7O17/c1-6-8-9-15-56(57,7-2)33-24-41(68)64(54(33)75)18-14-38(65)59-26-39(66)60-27-40(67)61-34-13-17-62(55(34)76)19-16-58-53(74)30-22-32-45(52(73)47-46(50(32)71)49(70)31-11-10-12-36(77-4)44(31)51(47)72)37(23-30)81-42-25-35(48(69)29(3)80-42)63-20-21-79-43(28-63)78-5/h10-12,29-30,33-35,37,42-43,48,69,71,73H,6-9,13-28H2,1-5H3,(H,58,74)(H,59,65)(H,60,66)(H,61,67)/t29-,30+,33?,34?,35-,37-,42?,43-,48+,56?/m0/s1. The molecule has 0 saturated carbocycles. The summed E-state index contributed by atoms with van der Waals surface area (Å²) in [6, 6.07) is 3.05. The van der Waals surface area contributed by atoms with Gasteiger partial charge in [-0.15, -0.1) is 0 Å². The monoisotopic (exact) mass is 1240 g/mol. The van der Waals surface area contributed by atoms with Gasteiger partial charge in [0.25, 0.3) is 0 Å². The number of carbonyl (C=O) groups is 9. The summed E-state index contributed by atoms with van der Waals surface area (Å²) in [5.74, 6) is -7.41. The van der Waals surface area contributed by atoms with E-state index in [1.54, 1.807) is 6.92 Å². The van der Waals surface area contributed by atoms with Gasteiger partial charge in [0, 0.05) is 97.7 Å². The Hall–Kier alpha value is -5.84. The minimum Gasteiger partial charge on any atom is -0.507 e. The Balaban J connectivity index is 0.846. The van der Waals surface area contributed by atoms with E-state index >= 15 is 0 Å². The van der Waals surface area contributed by atoms with Crippen LogP contribution in [0.4, 0.5) is 0 Å². The maximum absolute atomic E-state index is 14.3. The second-order valence-corrected chi connectivity index (χ2v) is 23.7. The molecule has 25 heteroatoms. The van der Waals surface area contributed by atoms with Crippen molar-refractivity contribution in [1.29, 1.82) is 0 Å². The van der Waals surface area contributed by atoms with Crippen LogP contribution in [-0.2, 0) is 58.9 Å². The number of hydrogen-bond acceptors (Lipinski definition) is 18. The fourth-order valence-electron chi connectivity index (χ4n) is 12.1. The number of imide groups is 1. The number of alkyl halides is 1. The Bertz CT molecular complexity index is 2780. The quantitative estimate of drug-likeness (QED) is 0.0233. The number of aliphatic hydroxyl groups is 1. The van der Waals surface area contributed by atoms with Gasteiger partial charge in [-0.3, -0.25) is 53.0 Å². The number of phenols is 2. The van der Waals surface area contributed by atoms with Gasteiger partial charge >= 0.3 is 0 Å². The van der Waals surface area contributed by atoms with E-state index in [1.165, 1.54) is 37.3 Å². The van der Waals surface area contributed by atoms with Crippen molar-refractivity contribution in [3.05, 3.63) is 51.6 Å². The van der Waals surface area contributed by atoms with Crippen LogP contribution in [0.25, 0.3) is 0 Å². The molecule has 81 heavy (non-hydrogen) atoms. The number of phenolic OH excluding ortho intramolecular Hbond substituents is 2. The molecular weight excluding hydrogens is 1170 g/mol. The summed E-state index contributed by atoms with van der Waals surface area (Å²) in [7, 11) is 2.86. The summed E-state index contributed by atoms with van der Waals surface area (Å²) < 4.78 is 29.0. The zero-order valence-electron chi connectivity index (χ0n) is 46.3. The van der Waals surface area contributed by atoms with E-state index in [0.29, 0.717) is 19.7 Å². The van der Waals surface area contributed by atoms with E-state index in [9.17, 15) is 58.5 Å². The number of ketones is 2. The van der Waals surface area contributed by atoms with E-state index in [1.807, 2.05) is 11.8 Å². The molecule has 4 aliphatic heterocycles. The van der Waals surface area contributed by atoms with Crippen molar-refractivity contribution in [3.63, 3.8) is 0 Å². The lowest BCUT2D eigenvalue weighted by molar-refractivity contribution is -0.264. The molecule has 442 valence electrons. The summed E-state index contributed by atoms with van der Waals surface area (Å²) in [6.07, 6.45) is 0.159. The molecule has 4 heterocycles. The third-order valence-electron chi connectivity index (χ3n) is 16.6. The Morgan fingerprint density at radius 2 is 1.59 bits per heavy atom. The van der Waals surface area contributed by atoms with Crippen molar-refractivity contribution in [2.24, 2.45) is 11.8 Å². The van der Waals surface area contributed by atoms with Crippen LogP contribution in [0.1, 0.15) is 134 Å². The average Bonchev–Trinajstić information content (AvgIpc) is 4.13. The smallest absolute Gasteiger partial charge is 0.245 e. The number of rotatable bonds is 23. The first-order chi connectivity index (χ1) is 38.7. The molecule has 0 aromatic heterocycles. The van der Waals surface area contributed by atoms with Gasteiger partial charge in [0.15, 0.2) is 18.4 Å². The van der Waals surface area contributed by atoms with Crippen molar-refractivity contribution < 1.29 is 82.2 Å². The fraction of sp³-hybridized carbons (Fsp3) is 0.625. The van der Waals surface area contributed by atoms with Gasteiger partial charge in [0.2, 0.25) is 47.1 Å². The second kappa shape index (κ2) is 26.6. The van der Waals surface area contributed by atoms with Crippen molar-refractivity contribution >= 4 is 75.5 Å². The zero-order valence-corrected chi connectivity index (χ0v) is 48.5. The third kappa shape index (κ3) is 13.2. The number of halogens is 1. The van der Waals surface area contributed by atoms with Gasteiger partial charge in [-0.05, 0) is 45.1 Å². The van der Waals surface area contributed by atoms with Crippen LogP contribution in [0, 0.1) is 11.8 Å². The first kappa shape index (κ1) is 61.2. The van der Waals surface area contributed by atoms with Crippen molar-refractivity contribution in [2.75, 3.05) is 73.2 Å². The number of unbranched alkanes of at least 4 members (excludes halogenated alkanes) is 2. The van der Waals surface area contributed by atoms with Gasteiger partial charge < -0.3 is 65.2 Å². The number of amides is 7. The highest BCUT2D eigenvalue weighted by Gasteiger charge is 2.50. The van der Waals surface area contributed by atoms with Crippen LogP contribution in [0.5, 0.6) is 17.2 Å². The summed E-state index contributed by atoms with van der Waals surface area (Å²) in [5, 5.41) is 45.8. The minimum absolute atomic E-state index is 0.00450. The molecule has 2 aliphatic carbocycles. The van der Waals surface area contributed by atoms with E-state index in [2.05, 4.69) is 50.8 Å². The number of aromatic hydroxyl groups is 2. The number of carbonyl (C=O) groups excluding carboxylic acids is 9. The zero-order chi connectivity index (χ0) is 58.4. The van der Waals surface area contributed by atoms with Gasteiger partial charge in [0.05, 0.1) is 67.7 Å². The highest BCUT2D eigenvalue weighted by Crippen LogP contribution is 2.52. The van der Waals surface area contributed by atoms with Gasteiger partial charge in [-0.1, -0.05) is 67.8 Å². The van der Waals surface area contributed by atoms with E-state index < -0.39 is 132 Å². The molecule has 4 fully saturated rings. The lowest BCUT2D eigenvalue weighted by Crippen LogP contribution is -2.59. The van der Waals surface area contributed by atoms with E-state index in [0.717, 1.165) is 37.0 Å². The highest BCUT2D eigenvalue weighted by atomic mass is 127. The number of methoxy groups -OCH3 is 2. The average molecular weight is 1240 g/mol. The molecule has 0 bridgehead atoms. The number of nitrogens with zero attached hydrogens (tertiary/aromatic N) is 3. The maximum atomic E-state index is 14.3. The molecule has 10 atom stereocenters. The molecule has 7 N–H and O–H groups in total. The van der Waals surface area contributed by atoms with Crippen molar-refractivity contribution in [2.45, 2.75) is 138 Å². The van der Waals surface area contributed by atoms with Crippen molar-refractivity contribution in [1.82, 2.24) is 36.0 Å². The topological polar surface area (TPSA) is 318 Å². The molecule has 6 aliphatic rings. The number of likely N-dealkylation sites (tertiary alicyclic amines) is 2. The van der Waals surface area contributed by atoms with E-state index in [-0.39, 0.29) is 108 Å². The Kier molecular flexibility index (Phi) is 20.1. The number of aliphatic hydroxyl groups excluding tert-OH is 1. The third-order valence-corrected chi connectivity index (χ3v) is 18.7. The first-order valence-electron chi connectivity index (χ1n) is 27.9. The molecule has 0 spiro atoms. The number of nitrogens with one attached hydrogen (secondary N) is 4. The molecule has 4 unspecified atom stereocenters. The molecule has 2 aromatic carbocycles. The lowest BCUT2D eigenvalue weighted by Gasteiger charge is -2.46. The Morgan fingerprint density at radius 3 is 2.32 bits per heavy atom. The first-order valence-corrected chi connectivity index (χ1v) is 29.0. The summed E-state index contributed by atoms with van der Waals surface area (Å²) in [5.41, 5.74) is -0.956. The predicted molar refractivity (Wildman–Crippen MR) is 295 cm³/mol. The fourth-order valence-corrected chi connectivity index (χ4v) is 12.9. The molecule has 7 amide bonds. The maximum Gasteiger partial charge on any atom is 0.245 e. The predicted octanol–water partition coefficient (Wildman–Crippen LogP) is 1.67. The molecule has 24 nitrogen and oxygen atoms in total. The van der Waals surface area contributed by atoms with Crippen LogP contribution in [0.15, 0.2) is 18.2 Å². The van der Waals surface area contributed by atoms with Crippen molar-refractivity contribution in [3.8, 4) is 17.2 Å².